The van der Waals surface area contributed by atoms with E-state index in [2.05, 4.69) is 20.2 Å². The quantitative estimate of drug-likeness (QED) is 0.829. The van der Waals surface area contributed by atoms with Gasteiger partial charge in [0.15, 0.2) is 0 Å². The molecule has 5 nitrogen and oxygen atoms in total. The van der Waals surface area contributed by atoms with Gasteiger partial charge < -0.3 is 10.6 Å². The summed E-state index contributed by atoms with van der Waals surface area (Å²) in [5.74, 6) is -0.145. The van der Waals surface area contributed by atoms with Gasteiger partial charge in [-0.25, -0.2) is 0 Å². The summed E-state index contributed by atoms with van der Waals surface area (Å²) >= 11 is 7.14. The van der Waals surface area contributed by atoms with E-state index in [0.717, 1.165) is 0 Å². The fraction of sp³-hybridized carbons (Fsp3) is 0.100. The van der Waals surface area contributed by atoms with E-state index in [1.807, 2.05) is 0 Å². The summed E-state index contributed by atoms with van der Waals surface area (Å²) in [7, 11) is 0. The number of hydrogen-bond donors (Lipinski definition) is 2. The van der Waals surface area contributed by atoms with Gasteiger partial charge in [-0.1, -0.05) is 16.1 Å². The van der Waals surface area contributed by atoms with E-state index in [0.29, 0.717) is 22.0 Å². The third-order valence-corrected chi connectivity index (χ3v) is 3.23. The molecule has 0 radical (unpaired) electrons. The van der Waals surface area contributed by atoms with Crippen molar-refractivity contribution in [2.45, 2.75) is 6.17 Å². The van der Waals surface area contributed by atoms with Crippen LogP contribution >= 0.6 is 23.1 Å². The van der Waals surface area contributed by atoms with Crippen LogP contribution in [0.15, 0.2) is 23.6 Å². The maximum atomic E-state index is 11.9. The molecule has 2 heterocycles. The minimum absolute atomic E-state index is 0.145. The van der Waals surface area contributed by atoms with Gasteiger partial charge in [0.05, 0.1) is 11.3 Å². The number of carbonyl (C=O) groups excluding carboxylic acids is 1. The number of benzene rings is 1. The third kappa shape index (κ3) is 1.85. The summed E-state index contributed by atoms with van der Waals surface area (Å²) in [6.45, 7) is 0. The number of hydrogen-bond acceptors (Lipinski definition) is 5. The molecule has 1 aliphatic heterocycles. The smallest absolute Gasteiger partial charge is 0.255 e. The Morgan fingerprint density at radius 1 is 1.35 bits per heavy atom. The van der Waals surface area contributed by atoms with Crippen LogP contribution in [-0.2, 0) is 0 Å². The second kappa shape index (κ2) is 3.97. The minimum Gasteiger partial charge on any atom is -0.360 e. The number of nitrogens with zero attached hydrogens (tertiary/aromatic N) is 2. The van der Waals surface area contributed by atoms with Crippen LogP contribution in [0.4, 0.5) is 5.69 Å². The first-order chi connectivity index (χ1) is 8.24. The van der Waals surface area contributed by atoms with Crippen molar-refractivity contribution in [2.75, 3.05) is 5.32 Å². The average Bonchev–Trinajstić information content (AvgIpc) is 2.81. The zero-order valence-corrected chi connectivity index (χ0v) is 10.0. The number of nitrogens with one attached hydrogen (secondary N) is 2. The fourth-order valence-corrected chi connectivity index (χ4v) is 2.33. The lowest BCUT2D eigenvalue weighted by Crippen LogP contribution is -2.38. The topological polar surface area (TPSA) is 66.9 Å². The molecule has 1 atom stereocenters. The van der Waals surface area contributed by atoms with E-state index >= 15 is 0 Å². The number of aromatic nitrogens is 2. The van der Waals surface area contributed by atoms with Crippen molar-refractivity contribution >= 4 is 34.7 Å². The van der Waals surface area contributed by atoms with Crippen molar-refractivity contribution in [1.29, 1.82) is 0 Å². The van der Waals surface area contributed by atoms with Crippen molar-refractivity contribution in [3.8, 4) is 0 Å². The van der Waals surface area contributed by atoms with Gasteiger partial charge in [0.25, 0.3) is 5.91 Å². The summed E-state index contributed by atoms with van der Waals surface area (Å²) in [5, 5.41) is 12.3. The van der Waals surface area contributed by atoms with E-state index < -0.39 is 0 Å². The Morgan fingerprint density at radius 3 is 3.00 bits per heavy atom. The molecule has 2 aromatic rings. The molecular weight excluding hydrogens is 260 g/mol. The van der Waals surface area contributed by atoms with Gasteiger partial charge in [-0.15, -0.1) is 5.10 Å². The van der Waals surface area contributed by atoms with Gasteiger partial charge in [-0.05, 0) is 29.7 Å². The molecule has 1 amide bonds. The molecule has 2 N–H and O–H groups in total. The Hall–Kier alpha value is -1.66. The lowest BCUT2D eigenvalue weighted by Gasteiger charge is -2.26. The van der Waals surface area contributed by atoms with Crippen molar-refractivity contribution < 1.29 is 4.79 Å². The highest BCUT2D eigenvalue weighted by molar-refractivity contribution is 7.03. The maximum absolute atomic E-state index is 11.9. The average molecular weight is 267 g/mol. The Morgan fingerprint density at radius 2 is 2.24 bits per heavy atom. The van der Waals surface area contributed by atoms with Gasteiger partial charge in [-0.3, -0.25) is 4.79 Å². The van der Waals surface area contributed by atoms with E-state index in [1.165, 1.54) is 11.5 Å². The molecule has 86 valence electrons. The fourth-order valence-electron chi connectivity index (χ4n) is 1.68. The van der Waals surface area contributed by atoms with Crippen LogP contribution < -0.4 is 10.6 Å². The SMILES string of the molecule is O=C1N[C@@H](c2csnn2)Nc2cc(Cl)ccc21. The summed E-state index contributed by atoms with van der Waals surface area (Å²) in [6.07, 6.45) is -0.354. The first-order valence-electron chi connectivity index (χ1n) is 4.88. The Labute approximate surface area is 106 Å². The molecular formula is C10H7ClN4OS. The Kier molecular flexibility index (Phi) is 2.45. The largest absolute Gasteiger partial charge is 0.360 e. The van der Waals surface area contributed by atoms with E-state index in [9.17, 15) is 4.79 Å². The second-order valence-corrected chi connectivity index (χ2v) is 4.62. The van der Waals surface area contributed by atoms with Gasteiger partial charge in [-0.2, -0.15) is 0 Å². The van der Waals surface area contributed by atoms with Crippen LogP contribution in [0.1, 0.15) is 22.2 Å². The van der Waals surface area contributed by atoms with Crippen molar-refractivity contribution in [2.24, 2.45) is 0 Å². The van der Waals surface area contributed by atoms with E-state index in [4.69, 9.17) is 11.6 Å². The molecule has 7 heteroatoms. The number of carbonyl (C=O) groups is 1. The zero-order valence-electron chi connectivity index (χ0n) is 8.48. The first-order valence-corrected chi connectivity index (χ1v) is 6.09. The molecule has 0 saturated carbocycles. The standard InChI is InChI=1S/C10H7ClN4OS/c11-5-1-2-6-7(3-5)12-9(13-10(6)16)8-4-17-15-14-8/h1-4,9,12H,(H,13,16)/t9-/m0/s1. The van der Waals surface area contributed by atoms with Crippen molar-refractivity contribution in [1.82, 2.24) is 14.9 Å². The molecule has 1 aromatic carbocycles. The minimum atomic E-state index is -0.354. The number of fused-ring (bicyclic) bond motifs is 1. The molecule has 0 aliphatic carbocycles. The number of halogens is 1. The number of anilines is 1. The molecule has 1 aromatic heterocycles. The van der Waals surface area contributed by atoms with Crippen molar-refractivity contribution in [3.63, 3.8) is 0 Å². The molecule has 0 spiro atoms. The van der Waals surface area contributed by atoms with E-state index in [1.54, 1.807) is 23.6 Å². The van der Waals surface area contributed by atoms with Crippen molar-refractivity contribution in [3.05, 3.63) is 39.9 Å². The third-order valence-electron chi connectivity index (χ3n) is 2.47. The molecule has 0 unspecified atom stereocenters. The van der Waals surface area contributed by atoms with Crippen LogP contribution in [0.3, 0.4) is 0 Å². The molecule has 1 aliphatic rings. The molecule has 0 saturated heterocycles. The summed E-state index contributed by atoms with van der Waals surface area (Å²) in [5.41, 5.74) is 1.97. The normalized spacial score (nSPS) is 18.2. The summed E-state index contributed by atoms with van der Waals surface area (Å²) in [6, 6.07) is 5.10. The number of amides is 1. The van der Waals surface area contributed by atoms with Gasteiger partial charge >= 0.3 is 0 Å². The van der Waals surface area contributed by atoms with Crippen LogP contribution in [-0.4, -0.2) is 15.5 Å². The first kappa shape index (κ1) is 10.5. The summed E-state index contributed by atoms with van der Waals surface area (Å²) in [4.78, 5) is 11.9. The van der Waals surface area contributed by atoms with Crippen LogP contribution in [0.5, 0.6) is 0 Å². The highest BCUT2D eigenvalue weighted by Gasteiger charge is 2.25. The van der Waals surface area contributed by atoms with Gasteiger partial charge in [0.1, 0.15) is 11.9 Å². The Bertz CT molecular complexity index is 572. The van der Waals surface area contributed by atoms with Crippen LogP contribution in [0.25, 0.3) is 0 Å². The maximum Gasteiger partial charge on any atom is 0.255 e. The van der Waals surface area contributed by atoms with Crippen LogP contribution in [0.2, 0.25) is 5.02 Å². The molecule has 3 rings (SSSR count). The Balaban J connectivity index is 2.00. The highest BCUT2D eigenvalue weighted by atomic mass is 35.5. The van der Waals surface area contributed by atoms with Gasteiger partial charge in [0, 0.05) is 10.4 Å². The molecule has 17 heavy (non-hydrogen) atoms. The highest BCUT2D eigenvalue weighted by Crippen LogP contribution is 2.28. The van der Waals surface area contributed by atoms with E-state index in [-0.39, 0.29) is 12.1 Å². The summed E-state index contributed by atoms with van der Waals surface area (Å²) < 4.78 is 3.77. The zero-order chi connectivity index (χ0) is 11.8. The lowest BCUT2D eigenvalue weighted by atomic mass is 10.1. The lowest BCUT2D eigenvalue weighted by molar-refractivity contribution is 0.0935. The number of rotatable bonds is 1. The second-order valence-electron chi connectivity index (χ2n) is 3.57. The molecule has 0 fully saturated rings. The van der Waals surface area contributed by atoms with Crippen LogP contribution in [0, 0.1) is 0 Å². The predicted molar refractivity (Wildman–Crippen MR) is 65.2 cm³/mol. The molecule has 0 bridgehead atoms. The monoisotopic (exact) mass is 266 g/mol. The predicted octanol–water partition coefficient (Wildman–Crippen LogP) is 2.05. The van der Waals surface area contributed by atoms with Gasteiger partial charge in [0.2, 0.25) is 0 Å².